The lowest BCUT2D eigenvalue weighted by atomic mass is 9.68. The molecule has 6 rings (SSSR count). The molecular weight excluding hydrogens is 372 g/mol. The number of phenolic OH excluding ortho intramolecular Hbond substituents is 1. The summed E-state index contributed by atoms with van der Waals surface area (Å²) < 4.78 is 6.10. The summed E-state index contributed by atoms with van der Waals surface area (Å²) in [6.45, 7) is 6.84. The molecule has 1 aromatic heterocycles. The Kier molecular flexibility index (Phi) is 3.57. The predicted octanol–water partition coefficient (Wildman–Crippen LogP) is 5.72. The molecule has 0 saturated carbocycles. The zero-order valence-electron chi connectivity index (χ0n) is 17.6. The number of hydrogen-bond acceptors (Lipinski definition) is 4. The third-order valence-electron chi connectivity index (χ3n) is 7.21. The fourth-order valence-electron chi connectivity index (χ4n) is 5.71. The number of furan rings is 1. The Bertz CT molecular complexity index is 1200. The van der Waals surface area contributed by atoms with E-state index in [4.69, 9.17) is 9.41 Å². The van der Waals surface area contributed by atoms with Crippen LogP contribution in [0.2, 0.25) is 0 Å². The quantitative estimate of drug-likeness (QED) is 0.551. The highest BCUT2D eigenvalue weighted by atomic mass is 16.3. The van der Waals surface area contributed by atoms with Gasteiger partial charge in [-0.3, -0.25) is 4.99 Å². The van der Waals surface area contributed by atoms with Crippen molar-refractivity contribution in [2.45, 2.75) is 57.5 Å². The van der Waals surface area contributed by atoms with Gasteiger partial charge in [0.25, 0.3) is 0 Å². The van der Waals surface area contributed by atoms with Crippen LogP contribution in [0.5, 0.6) is 5.75 Å². The summed E-state index contributed by atoms with van der Waals surface area (Å²) in [6, 6.07) is 12.0. The zero-order chi connectivity index (χ0) is 20.6. The average Bonchev–Trinajstić information content (AvgIpc) is 3.32. The van der Waals surface area contributed by atoms with Crippen molar-refractivity contribution in [2.24, 2.45) is 4.99 Å². The molecule has 0 spiro atoms. The molecule has 3 aliphatic rings. The third-order valence-corrected chi connectivity index (χ3v) is 7.21. The van der Waals surface area contributed by atoms with Gasteiger partial charge < -0.3 is 14.8 Å². The topological polar surface area (TPSA) is 57.8 Å². The van der Waals surface area contributed by atoms with Crippen LogP contribution in [0.1, 0.15) is 72.2 Å². The van der Waals surface area contributed by atoms with Gasteiger partial charge in [-0.05, 0) is 78.1 Å². The lowest BCUT2D eigenvalue weighted by Gasteiger charge is -2.37. The van der Waals surface area contributed by atoms with Crippen molar-refractivity contribution >= 4 is 5.84 Å². The summed E-state index contributed by atoms with van der Waals surface area (Å²) >= 11 is 0. The minimum absolute atomic E-state index is 0.0384. The highest BCUT2D eigenvalue weighted by Gasteiger charge is 2.44. The van der Waals surface area contributed by atoms with E-state index in [2.05, 4.69) is 38.2 Å². The second-order valence-electron chi connectivity index (χ2n) is 9.54. The number of aryl methyl sites for hydroxylation is 1. The van der Waals surface area contributed by atoms with Crippen LogP contribution in [0.3, 0.4) is 0 Å². The number of nitrogens with one attached hydrogen (secondary N) is 1. The Morgan fingerprint density at radius 2 is 1.90 bits per heavy atom. The fourth-order valence-corrected chi connectivity index (χ4v) is 5.71. The molecule has 0 saturated heterocycles. The summed E-state index contributed by atoms with van der Waals surface area (Å²) in [7, 11) is 0. The summed E-state index contributed by atoms with van der Waals surface area (Å²) in [6.07, 6.45) is 5.41. The fraction of sp³-hybridized carbons (Fsp3) is 0.346. The monoisotopic (exact) mass is 398 g/mol. The number of phenols is 1. The van der Waals surface area contributed by atoms with E-state index in [0.717, 1.165) is 23.6 Å². The minimum Gasteiger partial charge on any atom is -0.508 e. The van der Waals surface area contributed by atoms with Gasteiger partial charge in [0, 0.05) is 16.7 Å². The van der Waals surface area contributed by atoms with E-state index in [1.165, 1.54) is 46.2 Å². The summed E-state index contributed by atoms with van der Waals surface area (Å²) in [5.74, 6) is 2.14. The minimum atomic E-state index is 0.0384. The Labute approximate surface area is 176 Å². The van der Waals surface area contributed by atoms with Gasteiger partial charge >= 0.3 is 0 Å². The number of aliphatic imine (C=N–C) groups is 1. The molecular formula is C26H26N2O2. The molecule has 4 heteroatoms. The lowest BCUT2D eigenvalue weighted by Crippen LogP contribution is -2.30. The summed E-state index contributed by atoms with van der Waals surface area (Å²) in [4.78, 5) is 5.21. The number of amidine groups is 1. The molecule has 2 heterocycles. The van der Waals surface area contributed by atoms with Crippen molar-refractivity contribution in [3.05, 3.63) is 76.0 Å². The van der Waals surface area contributed by atoms with Gasteiger partial charge in [-0.1, -0.05) is 26.0 Å². The largest absolute Gasteiger partial charge is 0.508 e. The van der Waals surface area contributed by atoms with Crippen molar-refractivity contribution in [3.63, 3.8) is 0 Å². The third kappa shape index (κ3) is 2.36. The molecule has 0 fully saturated rings. The van der Waals surface area contributed by atoms with Crippen LogP contribution in [0.25, 0.3) is 11.3 Å². The second-order valence-corrected chi connectivity index (χ2v) is 9.54. The maximum absolute atomic E-state index is 9.68. The van der Waals surface area contributed by atoms with E-state index in [0.29, 0.717) is 0 Å². The van der Waals surface area contributed by atoms with Crippen LogP contribution in [0.15, 0.2) is 52.1 Å². The number of fused-ring (bicyclic) bond motifs is 8. The zero-order valence-corrected chi connectivity index (χ0v) is 17.6. The molecule has 0 amide bonds. The van der Waals surface area contributed by atoms with Crippen LogP contribution in [-0.4, -0.2) is 10.9 Å². The van der Waals surface area contributed by atoms with Gasteiger partial charge in [0.1, 0.15) is 23.4 Å². The molecule has 2 aromatic carbocycles. The van der Waals surface area contributed by atoms with Crippen molar-refractivity contribution in [2.75, 3.05) is 0 Å². The number of benzene rings is 2. The molecule has 1 aliphatic heterocycles. The molecule has 30 heavy (non-hydrogen) atoms. The molecule has 2 N–H and O–H groups in total. The standard InChI is InChI=1S/C26H26N2O2/c1-14-13-30-24-18-10-11-19-17(5-4-12-26(19,2)3)21(18)23-22(20(14)24)27-25(28-23)15-6-8-16(29)9-7-15/h6-11,13,22-23,29H,4-5,12H2,1-3H3,(H,27,28). The average molecular weight is 399 g/mol. The number of nitrogens with zero attached hydrogens (tertiary/aromatic N) is 1. The van der Waals surface area contributed by atoms with Crippen molar-refractivity contribution in [1.82, 2.24) is 5.32 Å². The summed E-state index contributed by atoms with van der Waals surface area (Å²) in [5.41, 5.74) is 9.05. The van der Waals surface area contributed by atoms with E-state index in [-0.39, 0.29) is 23.2 Å². The molecule has 2 aliphatic carbocycles. The molecule has 0 radical (unpaired) electrons. The van der Waals surface area contributed by atoms with Gasteiger partial charge in [0.2, 0.25) is 0 Å². The van der Waals surface area contributed by atoms with Crippen LogP contribution in [0.4, 0.5) is 0 Å². The number of rotatable bonds is 1. The Morgan fingerprint density at radius 1 is 1.10 bits per heavy atom. The number of aromatic hydroxyl groups is 1. The second kappa shape index (κ2) is 6.00. The van der Waals surface area contributed by atoms with E-state index < -0.39 is 0 Å². The first-order valence-electron chi connectivity index (χ1n) is 10.8. The maximum atomic E-state index is 9.68. The molecule has 2 atom stereocenters. The van der Waals surface area contributed by atoms with Crippen LogP contribution in [0, 0.1) is 6.92 Å². The van der Waals surface area contributed by atoms with Crippen LogP contribution < -0.4 is 5.32 Å². The summed E-state index contributed by atoms with van der Waals surface area (Å²) in [5, 5.41) is 13.4. The van der Waals surface area contributed by atoms with Gasteiger partial charge in [0.05, 0.1) is 12.3 Å². The molecule has 2 unspecified atom stereocenters. The van der Waals surface area contributed by atoms with E-state index in [1.54, 1.807) is 12.1 Å². The highest BCUT2D eigenvalue weighted by Crippen LogP contribution is 2.54. The lowest BCUT2D eigenvalue weighted by molar-refractivity contribution is 0.426. The number of hydrogen-bond donors (Lipinski definition) is 2. The first-order valence-corrected chi connectivity index (χ1v) is 10.8. The predicted molar refractivity (Wildman–Crippen MR) is 118 cm³/mol. The molecule has 152 valence electrons. The van der Waals surface area contributed by atoms with E-state index in [1.807, 2.05) is 18.4 Å². The van der Waals surface area contributed by atoms with E-state index in [9.17, 15) is 5.11 Å². The SMILES string of the molecule is Cc1coc2c1C1NC(c3ccc(O)cc3)=NC1c1c-2ccc2c1CCCC2(C)C. The van der Waals surface area contributed by atoms with Gasteiger partial charge in [-0.2, -0.15) is 0 Å². The first kappa shape index (κ1) is 17.8. The molecule has 0 bridgehead atoms. The van der Waals surface area contributed by atoms with Crippen molar-refractivity contribution in [1.29, 1.82) is 0 Å². The van der Waals surface area contributed by atoms with Gasteiger partial charge in [0.15, 0.2) is 0 Å². The van der Waals surface area contributed by atoms with E-state index >= 15 is 0 Å². The first-order chi connectivity index (χ1) is 14.4. The van der Waals surface area contributed by atoms with Crippen molar-refractivity contribution < 1.29 is 9.52 Å². The van der Waals surface area contributed by atoms with Crippen LogP contribution in [-0.2, 0) is 11.8 Å². The van der Waals surface area contributed by atoms with Crippen LogP contribution >= 0.6 is 0 Å². The molecule has 3 aromatic rings. The normalized spacial score (nSPS) is 23.0. The Hall–Kier alpha value is -3.01. The van der Waals surface area contributed by atoms with Crippen molar-refractivity contribution in [3.8, 4) is 17.1 Å². The highest BCUT2D eigenvalue weighted by molar-refractivity contribution is 6.01. The smallest absolute Gasteiger partial charge is 0.139 e. The Balaban J connectivity index is 1.59. The van der Waals surface area contributed by atoms with Gasteiger partial charge in [-0.15, -0.1) is 0 Å². The van der Waals surface area contributed by atoms with Gasteiger partial charge in [-0.25, -0.2) is 0 Å². The maximum Gasteiger partial charge on any atom is 0.139 e. The molecule has 4 nitrogen and oxygen atoms in total. The Morgan fingerprint density at radius 3 is 2.70 bits per heavy atom.